The Morgan fingerprint density at radius 3 is 2.80 bits per heavy atom. The van der Waals surface area contributed by atoms with Gasteiger partial charge in [-0.25, -0.2) is 8.78 Å². The van der Waals surface area contributed by atoms with Crippen molar-refractivity contribution in [2.24, 2.45) is 0 Å². The fraction of sp³-hybridized carbons (Fsp3) is 0.231. The van der Waals surface area contributed by atoms with E-state index in [0.717, 1.165) is 35.1 Å². The van der Waals surface area contributed by atoms with Gasteiger partial charge in [0, 0.05) is 29.6 Å². The van der Waals surface area contributed by atoms with E-state index in [1.165, 1.54) is 6.07 Å². The summed E-state index contributed by atoms with van der Waals surface area (Å²) in [5.74, 6) is -0.982. The third-order valence-corrected chi connectivity index (χ3v) is 3.79. The lowest BCUT2D eigenvalue weighted by Crippen LogP contribution is -2.19. The third kappa shape index (κ3) is 3.37. The molecular formula is C13H12F2N2O2S. The number of nitro groups is 1. The van der Waals surface area contributed by atoms with Gasteiger partial charge < -0.3 is 5.32 Å². The van der Waals surface area contributed by atoms with E-state index < -0.39 is 22.6 Å². The van der Waals surface area contributed by atoms with Gasteiger partial charge in [0.15, 0.2) is 0 Å². The number of nitrogens with zero attached hydrogens (tertiary/aromatic N) is 1. The van der Waals surface area contributed by atoms with Crippen molar-refractivity contribution in [3.05, 3.63) is 62.5 Å². The van der Waals surface area contributed by atoms with Crippen LogP contribution >= 0.6 is 11.3 Å². The molecule has 1 aromatic carbocycles. The monoisotopic (exact) mass is 298 g/mol. The Kier molecular flexibility index (Phi) is 4.41. The first-order valence-corrected chi connectivity index (χ1v) is 6.75. The minimum atomic E-state index is -0.499. The Morgan fingerprint density at radius 2 is 2.15 bits per heavy atom. The van der Waals surface area contributed by atoms with Gasteiger partial charge in [0.05, 0.1) is 4.92 Å². The summed E-state index contributed by atoms with van der Waals surface area (Å²) in [6.45, 7) is 2.06. The summed E-state index contributed by atoms with van der Waals surface area (Å²) in [5.41, 5.74) is 0.972. The molecule has 0 aliphatic rings. The molecule has 7 heteroatoms. The van der Waals surface area contributed by atoms with Crippen LogP contribution in [-0.2, 0) is 6.54 Å². The predicted octanol–water partition coefficient (Wildman–Crippen LogP) is 3.79. The van der Waals surface area contributed by atoms with Gasteiger partial charge in [0.2, 0.25) is 0 Å². The van der Waals surface area contributed by atoms with E-state index in [2.05, 4.69) is 5.32 Å². The van der Waals surface area contributed by atoms with Crippen molar-refractivity contribution >= 4 is 16.3 Å². The quantitative estimate of drug-likeness (QED) is 0.675. The van der Waals surface area contributed by atoms with Crippen molar-refractivity contribution in [2.45, 2.75) is 19.5 Å². The molecule has 0 aliphatic heterocycles. The number of benzene rings is 1. The van der Waals surface area contributed by atoms with Gasteiger partial charge in [0.1, 0.15) is 11.6 Å². The molecule has 0 radical (unpaired) electrons. The first-order valence-electron chi connectivity index (χ1n) is 5.87. The van der Waals surface area contributed by atoms with E-state index in [1.807, 2.05) is 0 Å². The Hall–Kier alpha value is -1.86. The van der Waals surface area contributed by atoms with Crippen LogP contribution in [0.4, 0.5) is 13.8 Å². The second-order valence-electron chi connectivity index (χ2n) is 4.32. The zero-order valence-electron chi connectivity index (χ0n) is 10.6. The minimum Gasteiger partial charge on any atom is -0.306 e. The molecule has 1 atom stereocenters. The average molecular weight is 298 g/mol. The maximum atomic E-state index is 13.6. The molecule has 4 nitrogen and oxygen atoms in total. The van der Waals surface area contributed by atoms with Crippen molar-refractivity contribution in [1.82, 2.24) is 5.32 Å². The number of hydrogen-bond donors (Lipinski definition) is 1. The van der Waals surface area contributed by atoms with E-state index in [9.17, 15) is 18.9 Å². The van der Waals surface area contributed by atoms with Crippen LogP contribution in [0.2, 0.25) is 0 Å². The molecular weight excluding hydrogens is 286 g/mol. The maximum Gasteiger partial charge on any atom is 0.324 e. The number of nitrogens with one attached hydrogen (secondary N) is 1. The summed E-state index contributed by atoms with van der Waals surface area (Å²) >= 11 is 1.04. The minimum absolute atomic E-state index is 0.0615. The smallest absolute Gasteiger partial charge is 0.306 e. The van der Waals surface area contributed by atoms with Gasteiger partial charge in [-0.1, -0.05) is 11.3 Å². The van der Waals surface area contributed by atoms with Gasteiger partial charge >= 0.3 is 5.00 Å². The Balaban J connectivity index is 2.02. The Bertz CT molecular complexity index is 631. The Morgan fingerprint density at radius 1 is 1.40 bits per heavy atom. The van der Waals surface area contributed by atoms with Crippen LogP contribution < -0.4 is 5.32 Å². The lowest BCUT2D eigenvalue weighted by Gasteiger charge is -2.14. The van der Waals surface area contributed by atoms with E-state index >= 15 is 0 Å². The molecule has 0 aliphatic carbocycles. The highest BCUT2D eigenvalue weighted by molar-refractivity contribution is 7.13. The summed E-state index contributed by atoms with van der Waals surface area (Å²) in [5, 5.41) is 15.3. The molecule has 1 heterocycles. The van der Waals surface area contributed by atoms with Gasteiger partial charge in [-0.05, 0) is 30.7 Å². The lowest BCUT2D eigenvalue weighted by atomic mass is 10.1. The van der Waals surface area contributed by atoms with Crippen molar-refractivity contribution < 1.29 is 13.7 Å². The highest BCUT2D eigenvalue weighted by Crippen LogP contribution is 2.23. The van der Waals surface area contributed by atoms with Gasteiger partial charge in [-0.2, -0.15) is 0 Å². The third-order valence-electron chi connectivity index (χ3n) is 2.86. The highest BCUT2D eigenvalue weighted by atomic mass is 32.1. The second-order valence-corrected chi connectivity index (χ2v) is 5.21. The zero-order valence-corrected chi connectivity index (χ0v) is 11.4. The van der Waals surface area contributed by atoms with Crippen molar-refractivity contribution in [2.75, 3.05) is 0 Å². The fourth-order valence-electron chi connectivity index (χ4n) is 1.78. The number of thiophene rings is 1. The molecule has 20 heavy (non-hydrogen) atoms. The maximum absolute atomic E-state index is 13.6. The predicted molar refractivity (Wildman–Crippen MR) is 72.6 cm³/mol. The van der Waals surface area contributed by atoms with Crippen LogP contribution in [0.15, 0.2) is 29.6 Å². The molecule has 106 valence electrons. The zero-order chi connectivity index (χ0) is 14.7. The summed E-state index contributed by atoms with van der Waals surface area (Å²) < 4.78 is 26.7. The van der Waals surface area contributed by atoms with E-state index in [-0.39, 0.29) is 10.6 Å². The SMILES string of the molecule is CC(NCc1csc([N+](=O)[O-])c1)c1cc(F)ccc1F. The van der Waals surface area contributed by atoms with E-state index in [1.54, 1.807) is 12.3 Å². The first-order chi connectivity index (χ1) is 9.47. The summed E-state index contributed by atoms with van der Waals surface area (Å²) in [6.07, 6.45) is 0. The number of halogens is 2. The second kappa shape index (κ2) is 6.06. The van der Waals surface area contributed by atoms with Crippen LogP contribution in [0.3, 0.4) is 0 Å². The Labute approximate surface area is 118 Å². The van der Waals surface area contributed by atoms with E-state index in [0.29, 0.717) is 6.54 Å². The largest absolute Gasteiger partial charge is 0.324 e. The summed E-state index contributed by atoms with van der Waals surface area (Å²) in [4.78, 5) is 10.1. The van der Waals surface area contributed by atoms with Crippen LogP contribution in [0, 0.1) is 21.7 Å². The van der Waals surface area contributed by atoms with Gasteiger partial charge in [0.25, 0.3) is 0 Å². The van der Waals surface area contributed by atoms with Crippen LogP contribution in [0.25, 0.3) is 0 Å². The van der Waals surface area contributed by atoms with Crippen LogP contribution in [0.1, 0.15) is 24.1 Å². The van der Waals surface area contributed by atoms with Crippen LogP contribution in [0.5, 0.6) is 0 Å². The average Bonchev–Trinajstić information content (AvgIpc) is 2.88. The standard InChI is InChI=1S/C13H12F2N2O2S/c1-8(11-5-10(14)2-3-12(11)15)16-6-9-4-13(17(18)19)20-7-9/h2-5,7-8,16H,6H2,1H3. The van der Waals surface area contributed by atoms with Crippen molar-refractivity contribution in [1.29, 1.82) is 0 Å². The first kappa shape index (κ1) is 14.5. The molecule has 0 bridgehead atoms. The van der Waals surface area contributed by atoms with Crippen LogP contribution in [-0.4, -0.2) is 4.92 Å². The van der Waals surface area contributed by atoms with Crippen molar-refractivity contribution in [3.8, 4) is 0 Å². The highest BCUT2D eigenvalue weighted by Gasteiger charge is 2.13. The topological polar surface area (TPSA) is 55.2 Å². The molecule has 0 amide bonds. The molecule has 0 saturated heterocycles. The molecule has 0 saturated carbocycles. The van der Waals surface area contributed by atoms with E-state index in [4.69, 9.17) is 0 Å². The number of rotatable bonds is 5. The summed E-state index contributed by atoms with van der Waals surface area (Å²) in [6, 6.07) is 4.35. The fourth-order valence-corrected chi connectivity index (χ4v) is 2.51. The van der Waals surface area contributed by atoms with Gasteiger partial charge in [-0.15, -0.1) is 0 Å². The normalized spacial score (nSPS) is 12.3. The summed E-state index contributed by atoms with van der Waals surface area (Å²) in [7, 11) is 0. The molecule has 1 unspecified atom stereocenters. The molecule has 0 spiro atoms. The molecule has 2 aromatic rings. The van der Waals surface area contributed by atoms with Crippen molar-refractivity contribution in [3.63, 3.8) is 0 Å². The molecule has 1 aromatic heterocycles. The number of hydrogen-bond acceptors (Lipinski definition) is 4. The lowest BCUT2D eigenvalue weighted by molar-refractivity contribution is -0.380. The van der Waals surface area contributed by atoms with Gasteiger partial charge in [-0.3, -0.25) is 10.1 Å². The molecule has 0 fully saturated rings. The molecule has 2 rings (SSSR count). The molecule has 1 N–H and O–H groups in total.